The zero-order valence-corrected chi connectivity index (χ0v) is 18.4. The molecule has 5 nitrogen and oxygen atoms in total. The molecule has 3 aromatic rings. The van der Waals surface area contributed by atoms with Gasteiger partial charge in [0, 0.05) is 23.7 Å². The molecule has 0 aliphatic rings. The number of hydrogen-bond donors (Lipinski definition) is 1. The molecule has 6 heteroatoms. The third kappa shape index (κ3) is 6.26. The number of anilines is 1. The topological polar surface area (TPSA) is 66.6 Å². The van der Waals surface area contributed by atoms with E-state index in [9.17, 15) is 9.90 Å². The second kappa shape index (κ2) is 11.6. The molecule has 30 heavy (non-hydrogen) atoms. The van der Waals surface area contributed by atoms with E-state index >= 15 is 0 Å². The predicted octanol–water partition coefficient (Wildman–Crippen LogP) is 6.49. The van der Waals surface area contributed by atoms with Crippen LogP contribution in [0.1, 0.15) is 55.8 Å². The standard InChI is InChI=1S/C24H30N2O3S/c1-2-3-4-5-6-11-16-26(24-25-20-13-8-9-14-21(20)29-24)17-18-30-22-15-10-7-12-19(22)23(27)28/h7-10,12-15H,2-6,11,16-18H2,1H3,(H,27,28). The highest BCUT2D eigenvalue weighted by Gasteiger charge is 2.15. The number of nitrogens with zero attached hydrogens (tertiary/aromatic N) is 2. The Morgan fingerprint density at radius 2 is 1.73 bits per heavy atom. The summed E-state index contributed by atoms with van der Waals surface area (Å²) in [5.41, 5.74) is 2.01. The molecule has 0 radical (unpaired) electrons. The number of carboxylic acids is 1. The highest BCUT2D eigenvalue weighted by atomic mass is 32.2. The van der Waals surface area contributed by atoms with E-state index in [1.807, 2.05) is 36.4 Å². The highest BCUT2D eigenvalue weighted by Crippen LogP contribution is 2.25. The molecule has 0 bridgehead atoms. The van der Waals surface area contributed by atoms with E-state index in [2.05, 4.69) is 16.8 Å². The fraction of sp³-hybridized carbons (Fsp3) is 0.417. The van der Waals surface area contributed by atoms with Gasteiger partial charge in [-0.25, -0.2) is 4.79 Å². The van der Waals surface area contributed by atoms with E-state index in [0.717, 1.165) is 41.3 Å². The summed E-state index contributed by atoms with van der Waals surface area (Å²) < 4.78 is 6.00. The number of unbranched alkanes of at least 4 members (excludes halogenated alkanes) is 5. The van der Waals surface area contributed by atoms with E-state index in [1.54, 1.807) is 23.9 Å². The minimum atomic E-state index is -0.888. The van der Waals surface area contributed by atoms with Crippen LogP contribution in [0.3, 0.4) is 0 Å². The van der Waals surface area contributed by atoms with Crippen LogP contribution in [-0.2, 0) is 0 Å². The van der Waals surface area contributed by atoms with Crippen LogP contribution in [0.25, 0.3) is 11.1 Å². The number of para-hydroxylation sites is 2. The van der Waals surface area contributed by atoms with Crippen molar-refractivity contribution in [1.29, 1.82) is 0 Å². The Morgan fingerprint density at radius 3 is 2.53 bits per heavy atom. The summed E-state index contributed by atoms with van der Waals surface area (Å²) in [4.78, 5) is 19.1. The molecule has 160 valence electrons. The summed E-state index contributed by atoms with van der Waals surface area (Å²) in [5.74, 6) is -0.125. The number of thioether (sulfide) groups is 1. The highest BCUT2D eigenvalue weighted by molar-refractivity contribution is 7.99. The van der Waals surface area contributed by atoms with Crippen molar-refractivity contribution in [2.45, 2.75) is 50.3 Å². The first-order valence-corrected chi connectivity index (χ1v) is 11.7. The Labute approximate surface area is 182 Å². The Kier molecular flexibility index (Phi) is 8.63. The molecule has 1 aromatic heterocycles. The van der Waals surface area contributed by atoms with Crippen LogP contribution in [0.4, 0.5) is 6.01 Å². The lowest BCUT2D eigenvalue weighted by Gasteiger charge is -2.20. The molecule has 0 aliphatic carbocycles. The number of hydrogen-bond acceptors (Lipinski definition) is 5. The number of aromatic nitrogens is 1. The van der Waals surface area contributed by atoms with Crippen molar-refractivity contribution in [1.82, 2.24) is 4.98 Å². The van der Waals surface area contributed by atoms with Gasteiger partial charge in [0.05, 0.1) is 5.56 Å². The maximum atomic E-state index is 11.4. The molecule has 2 aromatic carbocycles. The molecule has 3 rings (SSSR count). The minimum Gasteiger partial charge on any atom is -0.478 e. The quantitative estimate of drug-likeness (QED) is 0.249. The minimum absolute atomic E-state index is 0.354. The Morgan fingerprint density at radius 1 is 1.00 bits per heavy atom. The summed E-state index contributed by atoms with van der Waals surface area (Å²) in [5, 5.41) is 9.39. The second-order valence-corrected chi connectivity index (χ2v) is 8.51. The Hall–Kier alpha value is -2.47. The maximum Gasteiger partial charge on any atom is 0.336 e. The largest absolute Gasteiger partial charge is 0.478 e. The van der Waals surface area contributed by atoms with Crippen LogP contribution in [-0.4, -0.2) is 34.9 Å². The number of rotatable bonds is 13. The fourth-order valence-corrected chi connectivity index (χ4v) is 4.43. The molecular formula is C24H30N2O3S. The van der Waals surface area contributed by atoms with Gasteiger partial charge in [0.2, 0.25) is 0 Å². The lowest BCUT2D eigenvalue weighted by Crippen LogP contribution is -2.27. The lowest BCUT2D eigenvalue weighted by molar-refractivity contribution is 0.0693. The molecule has 1 N–H and O–H groups in total. The third-order valence-corrected chi connectivity index (χ3v) is 6.12. The summed E-state index contributed by atoms with van der Waals surface area (Å²) >= 11 is 1.56. The van der Waals surface area contributed by atoms with Gasteiger partial charge in [-0.3, -0.25) is 0 Å². The first kappa shape index (κ1) is 22.2. The van der Waals surface area contributed by atoms with Crippen molar-refractivity contribution in [2.75, 3.05) is 23.7 Å². The van der Waals surface area contributed by atoms with Gasteiger partial charge >= 0.3 is 5.97 Å². The van der Waals surface area contributed by atoms with Crippen LogP contribution in [0.5, 0.6) is 0 Å². The van der Waals surface area contributed by atoms with E-state index < -0.39 is 5.97 Å². The van der Waals surface area contributed by atoms with Crippen LogP contribution < -0.4 is 4.90 Å². The summed E-state index contributed by atoms with van der Waals surface area (Å²) in [6.07, 6.45) is 7.40. The van der Waals surface area contributed by atoms with Crippen LogP contribution in [0.2, 0.25) is 0 Å². The summed E-state index contributed by atoms with van der Waals surface area (Å²) in [6.45, 7) is 3.87. The SMILES string of the molecule is CCCCCCCCN(CCSc1ccccc1C(=O)O)c1nc2ccccc2o1. The van der Waals surface area contributed by atoms with Gasteiger partial charge in [0.15, 0.2) is 5.58 Å². The van der Waals surface area contributed by atoms with Crippen LogP contribution in [0.15, 0.2) is 57.8 Å². The van der Waals surface area contributed by atoms with Gasteiger partial charge in [-0.1, -0.05) is 63.3 Å². The monoisotopic (exact) mass is 426 g/mol. The van der Waals surface area contributed by atoms with Gasteiger partial charge in [0.1, 0.15) is 5.52 Å². The maximum absolute atomic E-state index is 11.4. The summed E-state index contributed by atoms with van der Waals surface area (Å²) in [6, 6.07) is 15.6. The summed E-state index contributed by atoms with van der Waals surface area (Å²) in [7, 11) is 0. The van der Waals surface area contributed by atoms with Crippen molar-refractivity contribution >= 4 is 34.8 Å². The van der Waals surface area contributed by atoms with Crippen molar-refractivity contribution in [3.8, 4) is 0 Å². The molecule has 0 spiro atoms. The number of fused-ring (bicyclic) bond motifs is 1. The Balaban J connectivity index is 1.62. The van der Waals surface area contributed by atoms with E-state index in [4.69, 9.17) is 4.42 Å². The Bertz CT molecular complexity index is 908. The molecule has 1 heterocycles. The van der Waals surface area contributed by atoms with Gasteiger partial charge < -0.3 is 14.4 Å². The predicted molar refractivity (Wildman–Crippen MR) is 124 cm³/mol. The van der Waals surface area contributed by atoms with Crippen molar-refractivity contribution in [3.05, 3.63) is 54.1 Å². The van der Waals surface area contributed by atoms with Crippen LogP contribution in [0, 0.1) is 0 Å². The number of carboxylic acid groups (broad SMARTS) is 1. The molecule has 0 saturated carbocycles. The first-order valence-electron chi connectivity index (χ1n) is 10.7. The molecule has 0 amide bonds. The van der Waals surface area contributed by atoms with Crippen molar-refractivity contribution < 1.29 is 14.3 Å². The lowest BCUT2D eigenvalue weighted by atomic mass is 10.1. The molecule has 0 saturated heterocycles. The number of aromatic carboxylic acids is 1. The molecular weight excluding hydrogens is 396 g/mol. The molecule has 0 atom stereocenters. The van der Waals surface area contributed by atoms with E-state index in [0.29, 0.717) is 11.6 Å². The first-order chi connectivity index (χ1) is 14.7. The van der Waals surface area contributed by atoms with Gasteiger partial charge in [-0.15, -0.1) is 11.8 Å². The number of oxazole rings is 1. The zero-order valence-electron chi connectivity index (χ0n) is 17.5. The van der Waals surface area contributed by atoms with Crippen LogP contribution >= 0.6 is 11.8 Å². The zero-order chi connectivity index (χ0) is 21.2. The average Bonchev–Trinajstić information content (AvgIpc) is 3.19. The average molecular weight is 427 g/mol. The van der Waals surface area contributed by atoms with Gasteiger partial charge in [-0.05, 0) is 30.7 Å². The van der Waals surface area contributed by atoms with E-state index in [1.165, 1.54) is 32.1 Å². The second-order valence-electron chi connectivity index (χ2n) is 7.37. The molecule has 0 aliphatic heterocycles. The van der Waals surface area contributed by atoms with E-state index in [-0.39, 0.29) is 0 Å². The molecule has 0 fully saturated rings. The normalized spacial score (nSPS) is 11.1. The third-order valence-electron chi connectivity index (χ3n) is 5.07. The number of benzene rings is 2. The van der Waals surface area contributed by atoms with Crippen molar-refractivity contribution in [3.63, 3.8) is 0 Å². The number of carbonyl (C=O) groups is 1. The fourth-order valence-electron chi connectivity index (χ4n) is 3.42. The van der Waals surface area contributed by atoms with Gasteiger partial charge in [0.25, 0.3) is 6.01 Å². The smallest absolute Gasteiger partial charge is 0.336 e. The van der Waals surface area contributed by atoms with Crippen molar-refractivity contribution in [2.24, 2.45) is 0 Å². The van der Waals surface area contributed by atoms with Gasteiger partial charge in [-0.2, -0.15) is 4.98 Å². The molecule has 0 unspecified atom stereocenters.